The molecule has 2 N–H and O–H groups in total. The zero-order chi connectivity index (χ0) is 22.7. The van der Waals surface area contributed by atoms with E-state index in [-0.39, 0.29) is 11.5 Å². The zero-order valence-electron chi connectivity index (χ0n) is 17.5. The molecule has 0 saturated heterocycles. The molecular formula is C21H21ClN8O2. The van der Waals surface area contributed by atoms with Crippen LogP contribution in [-0.2, 0) is 11.3 Å². The van der Waals surface area contributed by atoms with Gasteiger partial charge in [-0.3, -0.25) is 25.0 Å². The highest BCUT2D eigenvalue weighted by atomic mass is 35.5. The number of nitrogens with one attached hydrogen (secondary N) is 2. The van der Waals surface area contributed by atoms with E-state index in [0.29, 0.717) is 34.7 Å². The molecule has 32 heavy (non-hydrogen) atoms. The first kappa shape index (κ1) is 21.4. The van der Waals surface area contributed by atoms with Gasteiger partial charge in [0.2, 0.25) is 11.8 Å². The number of anilines is 1. The van der Waals surface area contributed by atoms with Gasteiger partial charge in [0.15, 0.2) is 6.04 Å². The molecule has 1 atom stereocenters. The lowest BCUT2D eigenvalue weighted by molar-refractivity contribution is -0.124. The first-order valence-corrected chi connectivity index (χ1v) is 10.5. The van der Waals surface area contributed by atoms with Crippen LogP contribution < -0.4 is 16.4 Å². The minimum Gasteiger partial charge on any atom is -0.277 e. The van der Waals surface area contributed by atoms with Crippen molar-refractivity contribution in [2.24, 2.45) is 0 Å². The number of carbonyl (C=O) groups is 1. The molecular weight excluding hydrogens is 432 g/mol. The molecule has 0 aliphatic rings. The van der Waals surface area contributed by atoms with Gasteiger partial charge < -0.3 is 0 Å². The molecule has 0 aliphatic heterocycles. The maximum absolute atomic E-state index is 12.9. The molecule has 0 spiro atoms. The molecule has 1 amide bonds. The number of hydrogen-bond acceptors (Lipinski definition) is 7. The van der Waals surface area contributed by atoms with E-state index in [2.05, 4.69) is 31.2 Å². The Bertz CT molecular complexity index is 1320. The Hall–Kier alpha value is -3.79. The quantitative estimate of drug-likeness (QED) is 0.414. The molecule has 2 aromatic heterocycles. The summed E-state index contributed by atoms with van der Waals surface area (Å²) in [5, 5.41) is 13.5. The van der Waals surface area contributed by atoms with Gasteiger partial charge in [0, 0.05) is 17.1 Å². The number of hydrogen-bond donors (Lipinski definition) is 2. The summed E-state index contributed by atoms with van der Waals surface area (Å²) < 4.78 is 1.45. The van der Waals surface area contributed by atoms with Gasteiger partial charge in [-0.1, -0.05) is 30.7 Å². The van der Waals surface area contributed by atoms with E-state index in [1.807, 2.05) is 13.8 Å². The first-order chi connectivity index (χ1) is 15.5. The molecule has 0 radical (unpaired) electrons. The lowest BCUT2D eigenvalue weighted by Crippen LogP contribution is -2.39. The summed E-state index contributed by atoms with van der Waals surface area (Å²) in [6.07, 6.45) is 0.426. The fraction of sp³-hybridized carbons (Fsp3) is 0.238. The third-order valence-electron chi connectivity index (χ3n) is 4.97. The number of nitrogens with zero attached hydrogens (tertiary/aromatic N) is 6. The third kappa shape index (κ3) is 4.17. The highest BCUT2D eigenvalue weighted by Crippen LogP contribution is 2.18. The predicted molar refractivity (Wildman–Crippen MR) is 121 cm³/mol. The number of amides is 1. The van der Waals surface area contributed by atoms with E-state index < -0.39 is 11.9 Å². The SMILES string of the molecule is CCC(C(=O)NNc1nc2ccccc2c(=O)n1CC)n1nnc(-c2ccc(Cl)cc2)n1. The fourth-order valence-electron chi connectivity index (χ4n) is 3.28. The summed E-state index contributed by atoms with van der Waals surface area (Å²) >= 11 is 5.92. The van der Waals surface area contributed by atoms with Crippen molar-refractivity contribution in [3.05, 3.63) is 63.9 Å². The van der Waals surface area contributed by atoms with Crippen molar-refractivity contribution in [2.45, 2.75) is 32.9 Å². The van der Waals surface area contributed by atoms with Crippen LogP contribution in [0.5, 0.6) is 0 Å². The number of tetrazole rings is 1. The van der Waals surface area contributed by atoms with Crippen molar-refractivity contribution < 1.29 is 4.79 Å². The van der Waals surface area contributed by atoms with Crippen LogP contribution in [0.25, 0.3) is 22.3 Å². The lowest BCUT2D eigenvalue weighted by atomic mass is 10.2. The Labute approximate surface area is 188 Å². The minimum atomic E-state index is -0.710. The number of benzene rings is 2. The van der Waals surface area contributed by atoms with Crippen LogP contribution in [0.15, 0.2) is 53.3 Å². The Morgan fingerprint density at radius 1 is 1.12 bits per heavy atom. The summed E-state index contributed by atoms with van der Waals surface area (Å²) in [6, 6.07) is 13.4. The van der Waals surface area contributed by atoms with E-state index in [4.69, 9.17) is 11.6 Å². The van der Waals surface area contributed by atoms with Gasteiger partial charge in [0.25, 0.3) is 11.5 Å². The molecule has 2 aromatic carbocycles. The summed E-state index contributed by atoms with van der Waals surface area (Å²) in [5.74, 6) is 0.238. The number of halogens is 1. The highest BCUT2D eigenvalue weighted by molar-refractivity contribution is 6.30. The number of rotatable bonds is 7. The minimum absolute atomic E-state index is 0.188. The number of hydrazine groups is 1. The summed E-state index contributed by atoms with van der Waals surface area (Å²) in [4.78, 5) is 31.3. The largest absolute Gasteiger partial charge is 0.277 e. The van der Waals surface area contributed by atoms with E-state index in [0.717, 1.165) is 5.56 Å². The normalized spacial score (nSPS) is 12.0. The third-order valence-corrected chi connectivity index (χ3v) is 5.23. The average Bonchev–Trinajstić information content (AvgIpc) is 3.28. The molecule has 11 heteroatoms. The van der Waals surface area contributed by atoms with Crippen LogP contribution in [0, 0.1) is 0 Å². The monoisotopic (exact) mass is 452 g/mol. The number of para-hydroxylation sites is 1. The zero-order valence-corrected chi connectivity index (χ0v) is 18.2. The molecule has 2 heterocycles. The Kier molecular flexibility index (Phi) is 6.13. The van der Waals surface area contributed by atoms with Gasteiger partial charge in [-0.25, -0.2) is 4.98 Å². The van der Waals surface area contributed by atoms with E-state index in [1.54, 1.807) is 48.5 Å². The molecule has 0 bridgehead atoms. The Morgan fingerprint density at radius 3 is 2.59 bits per heavy atom. The molecule has 4 aromatic rings. The van der Waals surface area contributed by atoms with Crippen molar-refractivity contribution in [1.29, 1.82) is 0 Å². The van der Waals surface area contributed by atoms with Gasteiger partial charge >= 0.3 is 0 Å². The van der Waals surface area contributed by atoms with Crippen molar-refractivity contribution in [3.63, 3.8) is 0 Å². The molecule has 0 fully saturated rings. The van der Waals surface area contributed by atoms with Crippen molar-refractivity contribution in [2.75, 3.05) is 5.43 Å². The molecule has 164 valence electrons. The summed E-state index contributed by atoms with van der Waals surface area (Å²) in [6.45, 7) is 4.06. The first-order valence-electron chi connectivity index (χ1n) is 10.1. The number of aromatic nitrogens is 6. The number of fused-ring (bicyclic) bond motifs is 1. The second-order valence-corrected chi connectivity index (χ2v) is 7.42. The van der Waals surface area contributed by atoms with Gasteiger partial charge in [0.05, 0.1) is 10.9 Å². The second kappa shape index (κ2) is 9.15. The average molecular weight is 453 g/mol. The van der Waals surface area contributed by atoms with Crippen molar-refractivity contribution in [1.82, 2.24) is 35.2 Å². The topological polar surface area (TPSA) is 120 Å². The van der Waals surface area contributed by atoms with Gasteiger partial charge in [-0.15, -0.1) is 10.2 Å². The highest BCUT2D eigenvalue weighted by Gasteiger charge is 2.22. The number of carbonyl (C=O) groups excluding carboxylic acids is 1. The molecule has 1 unspecified atom stereocenters. The maximum atomic E-state index is 12.9. The summed E-state index contributed by atoms with van der Waals surface area (Å²) in [5.41, 5.74) is 6.48. The van der Waals surface area contributed by atoms with Crippen LogP contribution >= 0.6 is 11.6 Å². The van der Waals surface area contributed by atoms with Gasteiger partial charge in [-0.2, -0.15) is 4.80 Å². The van der Waals surface area contributed by atoms with Crippen LogP contribution in [0.1, 0.15) is 26.3 Å². The fourth-order valence-corrected chi connectivity index (χ4v) is 3.41. The maximum Gasteiger partial charge on any atom is 0.265 e. The van der Waals surface area contributed by atoms with E-state index in [1.165, 1.54) is 9.36 Å². The lowest BCUT2D eigenvalue weighted by Gasteiger charge is -2.17. The smallest absolute Gasteiger partial charge is 0.265 e. The standard InChI is InChI=1S/C21H21ClN8O2/c1-3-17(30-27-18(24-28-30)13-9-11-14(22)12-10-13)19(31)25-26-21-23-16-8-6-5-7-15(16)20(32)29(21)4-2/h5-12,17H,3-4H2,1-2H3,(H,23,26)(H,25,31). The van der Waals surface area contributed by atoms with E-state index >= 15 is 0 Å². The van der Waals surface area contributed by atoms with Gasteiger partial charge in [-0.05, 0) is 55.0 Å². The Morgan fingerprint density at radius 2 is 1.88 bits per heavy atom. The second-order valence-electron chi connectivity index (χ2n) is 6.98. The van der Waals surface area contributed by atoms with Crippen LogP contribution in [-0.4, -0.2) is 35.7 Å². The van der Waals surface area contributed by atoms with Gasteiger partial charge in [0.1, 0.15) is 0 Å². The summed E-state index contributed by atoms with van der Waals surface area (Å²) in [7, 11) is 0. The van der Waals surface area contributed by atoms with Crippen LogP contribution in [0.4, 0.5) is 5.95 Å². The molecule has 0 aliphatic carbocycles. The van der Waals surface area contributed by atoms with Crippen molar-refractivity contribution in [3.8, 4) is 11.4 Å². The van der Waals surface area contributed by atoms with Crippen molar-refractivity contribution >= 4 is 34.4 Å². The van der Waals surface area contributed by atoms with Crippen LogP contribution in [0.3, 0.4) is 0 Å². The van der Waals surface area contributed by atoms with Crippen LogP contribution in [0.2, 0.25) is 5.02 Å². The molecule has 4 rings (SSSR count). The Balaban J connectivity index is 1.53. The molecule has 10 nitrogen and oxygen atoms in total. The predicted octanol–water partition coefficient (Wildman–Crippen LogP) is 2.82. The molecule has 0 saturated carbocycles. The van der Waals surface area contributed by atoms with E-state index in [9.17, 15) is 9.59 Å².